The molecule has 552 valence electrons. The van der Waals surface area contributed by atoms with E-state index in [0.717, 1.165) is 38.5 Å². The fourth-order valence-electron chi connectivity index (χ4n) is 14.0. The van der Waals surface area contributed by atoms with E-state index < -0.39 is 6.10 Å². The Hall–Kier alpha value is -1.62. The van der Waals surface area contributed by atoms with Gasteiger partial charge in [-0.25, -0.2) is 0 Å². The Morgan fingerprint density at radius 2 is 0.430 bits per heavy atom. The number of hydrogen-bond donors (Lipinski definition) is 1. The lowest BCUT2D eigenvalue weighted by Crippen LogP contribution is -2.28. The van der Waals surface area contributed by atoms with E-state index in [1.165, 1.54) is 443 Å². The maximum atomic E-state index is 12.4. The van der Waals surface area contributed by atoms with Gasteiger partial charge >= 0.3 is 11.9 Å². The zero-order valence-electron chi connectivity index (χ0n) is 63.8. The van der Waals surface area contributed by atoms with Gasteiger partial charge in [-0.1, -0.05) is 475 Å². The van der Waals surface area contributed by atoms with Gasteiger partial charge in [0.1, 0.15) is 6.61 Å². The predicted octanol–water partition coefficient (Wildman–Crippen LogP) is 30.6. The number of ether oxygens (including phenoxy) is 2. The lowest BCUT2D eigenvalue weighted by atomic mass is 10.0. The lowest BCUT2D eigenvalue weighted by molar-refractivity contribution is -0.161. The first kappa shape index (κ1) is 91.4. The van der Waals surface area contributed by atoms with Gasteiger partial charge in [0.25, 0.3) is 0 Å². The number of aliphatic hydroxyl groups excluding tert-OH is 1. The van der Waals surface area contributed by atoms with Crippen LogP contribution in [0.1, 0.15) is 508 Å². The van der Waals surface area contributed by atoms with Crippen LogP contribution in [0.5, 0.6) is 0 Å². The number of esters is 2. The highest BCUT2D eigenvalue weighted by atomic mass is 16.6. The van der Waals surface area contributed by atoms with Crippen molar-refractivity contribution >= 4 is 11.9 Å². The van der Waals surface area contributed by atoms with Crippen LogP contribution in [0.4, 0.5) is 0 Å². The summed E-state index contributed by atoms with van der Waals surface area (Å²) in [6.07, 6.45) is 113. The van der Waals surface area contributed by atoms with Crippen molar-refractivity contribution < 1.29 is 24.2 Å². The fraction of sp³-hybridized carbons (Fsp3) is 0.932. The van der Waals surface area contributed by atoms with Crippen LogP contribution in [0.3, 0.4) is 0 Å². The van der Waals surface area contributed by atoms with Gasteiger partial charge < -0.3 is 14.6 Å². The molecule has 0 amide bonds. The van der Waals surface area contributed by atoms with Gasteiger partial charge in [-0.05, 0) is 44.9 Å². The number of carbonyl (C=O) groups excluding carboxylic acids is 2. The summed E-state index contributed by atoms with van der Waals surface area (Å²) < 4.78 is 10.8. The van der Waals surface area contributed by atoms with Crippen LogP contribution >= 0.6 is 0 Å². The number of unbranched alkanes of at least 4 members (excludes halogenated alkanes) is 71. The average Bonchev–Trinajstić information content (AvgIpc) is 3.62. The standard InChI is InChI=1S/C88H170O5/c1-3-5-7-9-11-13-15-17-19-21-23-25-27-29-31-33-35-37-39-41-43-45-46-48-50-52-54-56-58-60-62-64-66-68-70-72-74-76-78-80-82-87(90)92-85-86(84-89)93-88(91)83-81-79-77-75-73-71-69-67-65-63-61-59-57-55-53-51-49-47-44-42-40-38-36-34-32-30-28-26-24-22-20-18-16-14-12-10-8-6-4-2/h16,18,22,24,86,89H,3-15,17,19-21,23,25-85H2,1-2H3/b18-16-,24-22-. The molecule has 0 aromatic carbocycles. The van der Waals surface area contributed by atoms with Crippen molar-refractivity contribution in [2.75, 3.05) is 13.2 Å². The average molecular weight is 1310 g/mol. The Morgan fingerprint density at radius 3 is 0.634 bits per heavy atom. The van der Waals surface area contributed by atoms with Crippen LogP contribution in [-0.2, 0) is 19.1 Å². The summed E-state index contributed by atoms with van der Waals surface area (Å²) in [6, 6.07) is 0. The molecule has 1 atom stereocenters. The van der Waals surface area contributed by atoms with Gasteiger partial charge in [0.15, 0.2) is 6.10 Å². The second-order valence-electron chi connectivity index (χ2n) is 30.0. The van der Waals surface area contributed by atoms with Crippen molar-refractivity contribution in [2.45, 2.75) is 514 Å². The minimum atomic E-state index is -0.769. The Labute approximate surface area is 584 Å². The molecule has 0 aliphatic carbocycles. The summed E-state index contributed by atoms with van der Waals surface area (Å²) in [5.41, 5.74) is 0. The van der Waals surface area contributed by atoms with E-state index >= 15 is 0 Å². The van der Waals surface area contributed by atoms with Crippen LogP contribution in [0, 0.1) is 0 Å². The van der Waals surface area contributed by atoms with E-state index in [1.54, 1.807) is 0 Å². The molecule has 0 fully saturated rings. The SMILES string of the molecule is CCCCCCC/C=C\C/C=C\CCCCCCCCCCCCCCCCCCCCCCCCCCCCCC(=O)OC(CO)COC(=O)CCCCCCCCCCCCCCCCCCCCCCCCCCCCCCCCCCCCCCCCCC. The third kappa shape index (κ3) is 82.7. The molecule has 0 heterocycles. The van der Waals surface area contributed by atoms with Crippen molar-refractivity contribution in [3.8, 4) is 0 Å². The second-order valence-corrected chi connectivity index (χ2v) is 30.0. The van der Waals surface area contributed by atoms with Crippen molar-refractivity contribution in [3.63, 3.8) is 0 Å². The van der Waals surface area contributed by atoms with Gasteiger partial charge in [-0.3, -0.25) is 9.59 Å². The molecule has 1 unspecified atom stereocenters. The molecule has 5 heteroatoms. The van der Waals surface area contributed by atoms with E-state index in [-0.39, 0.29) is 25.2 Å². The minimum absolute atomic E-state index is 0.0565. The van der Waals surface area contributed by atoms with Crippen LogP contribution < -0.4 is 0 Å². The Bertz CT molecular complexity index is 1440. The predicted molar refractivity (Wildman–Crippen MR) is 413 cm³/mol. The highest BCUT2D eigenvalue weighted by molar-refractivity contribution is 5.70. The highest BCUT2D eigenvalue weighted by Crippen LogP contribution is 2.21. The smallest absolute Gasteiger partial charge is 0.306 e. The monoisotopic (exact) mass is 1310 g/mol. The van der Waals surface area contributed by atoms with Gasteiger partial charge in [-0.15, -0.1) is 0 Å². The van der Waals surface area contributed by atoms with Crippen molar-refractivity contribution in [3.05, 3.63) is 24.3 Å². The normalized spacial score (nSPS) is 12.2. The molecule has 0 aliphatic heterocycles. The topological polar surface area (TPSA) is 72.8 Å². The third-order valence-corrected chi connectivity index (χ3v) is 20.5. The van der Waals surface area contributed by atoms with Gasteiger partial charge in [0, 0.05) is 12.8 Å². The molecule has 0 rings (SSSR count). The number of hydrogen-bond acceptors (Lipinski definition) is 5. The maximum Gasteiger partial charge on any atom is 0.306 e. The third-order valence-electron chi connectivity index (χ3n) is 20.5. The summed E-state index contributed by atoms with van der Waals surface area (Å²) in [6.45, 7) is 4.22. The van der Waals surface area contributed by atoms with E-state index in [4.69, 9.17) is 9.47 Å². The molecule has 5 nitrogen and oxygen atoms in total. The molecule has 0 aromatic rings. The molecule has 1 N–H and O–H groups in total. The van der Waals surface area contributed by atoms with Crippen LogP contribution in [-0.4, -0.2) is 36.4 Å². The first-order valence-corrected chi connectivity index (χ1v) is 43.4. The summed E-state index contributed by atoms with van der Waals surface area (Å²) >= 11 is 0. The first-order valence-electron chi connectivity index (χ1n) is 43.4. The molecule has 0 saturated carbocycles. The molecule has 0 aliphatic rings. The number of carbonyl (C=O) groups is 2. The Balaban J connectivity index is 3.33. The zero-order chi connectivity index (χ0) is 66.8. The second kappa shape index (κ2) is 84.6. The van der Waals surface area contributed by atoms with Crippen LogP contribution in [0.15, 0.2) is 24.3 Å². The number of aliphatic hydroxyl groups is 1. The Kier molecular flexibility index (Phi) is 83.1. The summed E-state index contributed by atoms with van der Waals surface area (Å²) in [7, 11) is 0. The van der Waals surface area contributed by atoms with Crippen molar-refractivity contribution in [2.24, 2.45) is 0 Å². The fourth-order valence-corrected chi connectivity index (χ4v) is 14.0. The largest absolute Gasteiger partial charge is 0.462 e. The number of allylic oxidation sites excluding steroid dienone is 4. The quantitative estimate of drug-likeness (QED) is 0.0373. The molecular weight excluding hydrogens is 1140 g/mol. The van der Waals surface area contributed by atoms with E-state index in [1.807, 2.05) is 0 Å². The molecule has 0 saturated heterocycles. The van der Waals surface area contributed by atoms with E-state index in [0.29, 0.717) is 12.8 Å². The molecule has 93 heavy (non-hydrogen) atoms. The molecular formula is C88H170O5. The first-order chi connectivity index (χ1) is 46.1. The number of rotatable bonds is 83. The van der Waals surface area contributed by atoms with Gasteiger partial charge in [0.05, 0.1) is 6.61 Å². The van der Waals surface area contributed by atoms with Crippen LogP contribution in [0.25, 0.3) is 0 Å². The summed E-state index contributed by atoms with van der Waals surface area (Å²) in [5, 5.41) is 9.74. The van der Waals surface area contributed by atoms with Crippen molar-refractivity contribution in [1.29, 1.82) is 0 Å². The summed E-state index contributed by atoms with van der Waals surface area (Å²) in [5.74, 6) is -0.557. The Morgan fingerprint density at radius 1 is 0.247 bits per heavy atom. The van der Waals surface area contributed by atoms with Gasteiger partial charge in [-0.2, -0.15) is 0 Å². The highest BCUT2D eigenvalue weighted by Gasteiger charge is 2.16. The van der Waals surface area contributed by atoms with E-state index in [9.17, 15) is 14.7 Å². The molecule has 0 spiro atoms. The molecule has 0 bridgehead atoms. The van der Waals surface area contributed by atoms with Gasteiger partial charge in [0.2, 0.25) is 0 Å². The molecule has 0 radical (unpaired) electrons. The zero-order valence-corrected chi connectivity index (χ0v) is 63.8. The van der Waals surface area contributed by atoms with Crippen molar-refractivity contribution in [1.82, 2.24) is 0 Å². The maximum absolute atomic E-state index is 12.4. The van der Waals surface area contributed by atoms with Crippen LogP contribution in [0.2, 0.25) is 0 Å². The van der Waals surface area contributed by atoms with E-state index in [2.05, 4.69) is 38.2 Å². The lowest BCUT2D eigenvalue weighted by Gasteiger charge is -2.15. The molecule has 0 aromatic heterocycles. The summed E-state index contributed by atoms with van der Waals surface area (Å²) in [4.78, 5) is 24.8. The minimum Gasteiger partial charge on any atom is -0.462 e.